The molecule has 0 atom stereocenters. The van der Waals surface area contributed by atoms with Gasteiger partial charge in [-0.15, -0.1) is 0 Å². The molecule has 0 saturated carbocycles. The molecular weight excluding hydrogens is 436 g/mol. The molecule has 1 N–H and O–H groups in total. The summed E-state index contributed by atoms with van der Waals surface area (Å²) in [7, 11) is 0. The molecule has 4 aromatic rings. The molecule has 168 valence electrons. The van der Waals surface area contributed by atoms with Crippen molar-refractivity contribution in [3.8, 4) is 22.8 Å². The Morgan fingerprint density at radius 2 is 1.82 bits per heavy atom. The number of carbonyl (C=O) groups is 1. The van der Waals surface area contributed by atoms with Gasteiger partial charge in [-0.05, 0) is 30.7 Å². The highest BCUT2D eigenvalue weighted by atomic mass is 16.7. The number of hydrogen-bond acceptors (Lipinski definition) is 7. The van der Waals surface area contributed by atoms with Crippen LogP contribution in [0.4, 0.5) is 5.69 Å². The van der Waals surface area contributed by atoms with Crippen molar-refractivity contribution in [2.24, 2.45) is 5.10 Å². The topological polar surface area (TPSA) is 116 Å². The Morgan fingerprint density at radius 1 is 1.09 bits per heavy atom. The highest BCUT2D eigenvalue weighted by molar-refractivity contribution is 6.07. The summed E-state index contributed by atoms with van der Waals surface area (Å²) in [5, 5.41) is 16.1. The molecule has 9 nitrogen and oxygen atoms in total. The number of nitro groups is 1. The van der Waals surface area contributed by atoms with E-state index in [1.165, 1.54) is 18.3 Å². The molecule has 1 aliphatic heterocycles. The minimum atomic E-state index is -0.546. The Hall–Kier alpha value is -4.79. The molecule has 1 aromatic heterocycles. The molecule has 5 rings (SSSR count). The number of nitrogens with zero attached hydrogens (tertiary/aromatic N) is 3. The largest absolute Gasteiger partial charge is 0.454 e. The second kappa shape index (κ2) is 8.62. The van der Waals surface area contributed by atoms with Crippen LogP contribution in [0.15, 0.2) is 71.8 Å². The van der Waals surface area contributed by atoms with Crippen LogP contribution >= 0.6 is 0 Å². The van der Waals surface area contributed by atoms with Crippen LogP contribution in [-0.4, -0.2) is 28.8 Å². The summed E-state index contributed by atoms with van der Waals surface area (Å²) in [5.74, 6) is 0.203. The lowest BCUT2D eigenvalue weighted by Crippen LogP contribution is -2.18. The Bertz CT molecular complexity index is 1480. The number of nitro benzene ring substituents is 1. The van der Waals surface area contributed by atoms with Gasteiger partial charge in [0.25, 0.3) is 11.6 Å². The number of ether oxygens (including phenoxy) is 2. The summed E-state index contributed by atoms with van der Waals surface area (Å²) in [5.41, 5.74) is 6.12. The molecule has 0 unspecified atom stereocenters. The van der Waals surface area contributed by atoms with Gasteiger partial charge >= 0.3 is 0 Å². The van der Waals surface area contributed by atoms with Gasteiger partial charge in [0.2, 0.25) is 6.79 Å². The number of amides is 1. The number of hydrogen-bond donors (Lipinski definition) is 1. The monoisotopic (exact) mass is 454 g/mol. The third kappa shape index (κ3) is 3.90. The van der Waals surface area contributed by atoms with E-state index in [0.717, 1.165) is 11.1 Å². The molecule has 0 fully saturated rings. The summed E-state index contributed by atoms with van der Waals surface area (Å²) in [6, 6.07) is 19.6. The van der Waals surface area contributed by atoms with E-state index in [2.05, 4.69) is 10.5 Å². The first-order valence-electron chi connectivity index (χ1n) is 10.4. The number of para-hydroxylation sites is 1. The van der Waals surface area contributed by atoms with E-state index in [0.29, 0.717) is 33.7 Å². The Balaban J connectivity index is 1.48. The number of carbonyl (C=O) groups excluding carboxylic acids is 1. The quantitative estimate of drug-likeness (QED) is 0.267. The summed E-state index contributed by atoms with van der Waals surface area (Å²) < 4.78 is 10.5. The fourth-order valence-corrected chi connectivity index (χ4v) is 3.79. The van der Waals surface area contributed by atoms with E-state index in [1.807, 2.05) is 55.5 Å². The molecule has 0 bridgehead atoms. The van der Waals surface area contributed by atoms with Crippen molar-refractivity contribution in [1.82, 2.24) is 10.4 Å². The van der Waals surface area contributed by atoms with Crippen molar-refractivity contribution in [3.63, 3.8) is 0 Å². The number of pyridine rings is 1. The average molecular weight is 454 g/mol. The number of aromatic nitrogens is 1. The van der Waals surface area contributed by atoms with Crippen molar-refractivity contribution < 1.29 is 19.2 Å². The SMILES string of the molecule is Cc1ccccc1-c1cc(C(=O)N/N=C/c2cc3c(cc2[N+](=O)[O-])OCO3)c2ccccc2n1. The summed E-state index contributed by atoms with van der Waals surface area (Å²) >= 11 is 0. The maximum atomic E-state index is 13.1. The second-order valence-electron chi connectivity index (χ2n) is 7.61. The Morgan fingerprint density at radius 3 is 2.62 bits per heavy atom. The predicted molar refractivity (Wildman–Crippen MR) is 126 cm³/mol. The zero-order valence-corrected chi connectivity index (χ0v) is 18.0. The fraction of sp³-hybridized carbons (Fsp3) is 0.0800. The van der Waals surface area contributed by atoms with Gasteiger partial charge in [-0.1, -0.05) is 42.5 Å². The Labute approximate surface area is 193 Å². The first-order chi connectivity index (χ1) is 16.5. The van der Waals surface area contributed by atoms with E-state index in [9.17, 15) is 14.9 Å². The lowest BCUT2D eigenvalue weighted by molar-refractivity contribution is -0.385. The third-order valence-electron chi connectivity index (χ3n) is 5.47. The van der Waals surface area contributed by atoms with E-state index in [-0.39, 0.29) is 18.0 Å². The number of hydrazone groups is 1. The molecule has 9 heteroatoms. The van der Waals surface area contributed by atoms with Gasteiger partial charge < -0.3 is 9.47 Å². The van der Waals surface area contributed by atoms with E-state index < -0.39 is 10.8 Å². The van der Waals surface area contributed by atoms with E-state index in [1.54, 1.807) is 6.07 Å². The van der Waals surface area contributed by atoms with Gasteiger partial charge in [0.15, 0.2) is 11.5 Å². The van der Waals surface area contributed by atoms with Gasteiger partial charge in [0.1, 0.15) is 0 Å². The number of benzene rings is 3. The molecule has 0 spiro atoms. The van der Waals surface area contributed by atoms with Crippen LogP contribution in [0.2, 0.25) is 0 Å². The van der Waals surface area contributed by atoms with E-state index >= 15 is 0 Å². The van der Waals surface area contributed by atoms with Crippen molar-refractivity contribution in [3.05, 3.63) is 93.5 Å². The molecule has 34 heavy (non-hydrogen) atoms. The second-order valence-corrected chi connectivity index (χ2v) is 7.61. The van der Waals surface area contributed by atoms with Crippen molar-refractivity contribution in [1.29, 1.82) is 0 Å². The number of aryl methyl sites for hydroxylation is 1. The number of nitrogens with one attached hydrogen (secondary N) is 1. The van der Waals surface area contributed by atoms with Crippen molar-refractivity contribution in [2.75, 3.05) is 6.79 Å². The highest BCUT2D eigenvalue weighted by Gasteiger charge is 2.22. The van der Waals surface area contributed by atoms with Crippen molar-refractivity contribution in [2.45, 2.75) is 6.92 Å². The summed E-state index contributed by atoms with van der Waals surface area (Å²) in [6.07, 6.45) is 1.21. The molecule has 1 aliphatic rings. The van der Waals surface area contributed by atoms with Crippen LogP contribution in [0.3, 0.4) is 0 Å². The van der Waals surface area contributed by atoms with Crippen LogP contribution < -0.4 is 14.9 Å². The molecule has 0 saturated heterocycles. The van der Waals surface area contributed by atoms with Gasteiger partial charge in [-0.3, -0.25) is 14.9 Å². The average Bonchev–Trinajstić information content (AvgIpc) is 3.30. The minimum Gasteiger partial charge on any atom is -0.454 e. The maximum absolute atomic E-state index is 13.1. The van der Waals surface area contributed by atoms with Gasteiger partial charge in [0, 0.05) is 10.9 Å². The molecular formula is C25H18N4O5. The zero-order chi connectivity index (χ0) is 23.7. The van der Waals surface area contributed by atoms with Gasteiger partial charge in [-0.25, -0.2) is 10.4 Å². The van der Waals surface area contributed by atoms with Crippen LogP contribution in [-0.2, 0) is 0 Å². The fourth-order valence-electron chi connectivity index (χ4n) is 3.79. The zero-order valence-electron chi connectivity index (χ0n) is 18.0. The standard InChI is InChI=1S/C25H18N4O5/c1-15-6-2-3-7-17(15)21-11-19(18-8-4-5-9-20(18)27-21)25(30)28-26-13-16-10-23-24(34-14-33-23)12-22(16)29(31)32/h2-13H,14H2,1H3,(H,28,30)/b26-13+. The molecule has 3 aromatic carbocycles. The minimum absolute atomic E-state index is 0.0117. The normalized spacial score (nSPS) is 12.3. The van der Waals surface area contributed by atoms with E-state index in [4.69, 9.17) is 14.5 Å². The Kier molecular flexibility index (Phi) is 5.35. The van der Waals surface area contributed by atoms with Crippen LogP contribution in [0.5, 0.6) is 11.5 Å². The van der Waals surface area contributed by atoms with Gasteiger partial charge in [-0.2, -0.15) is 5.10 Å². The third-order valence-corrected chi connectivity index (χ3v) is 5.47. The predicted octanol–water partition coefficient (Wildman–Crippen LogP) is 4.61. The first kappa shape index (κ1) is 21.1. The van der Waals surface area contributed by atoms with Gasteiger partial charge in [0.05, 0.1) is 39.5 Å². The van der Waals surface area contributed by atoms with Crippen LogP contribution in [0.25, 0.3) is 22.2 Å². The smallest absolute Gasteiger partial charge is 0.282 e. The maximum Gasteiger partial charge on any atom is 0.282 e. The van der Waals surface area contributed by atoms with Crippen molar-refractivity contribution >= 4 is 28.7 Å². The lowest BCUT2D eigenvalue weighted by atomic mass is 10.0. The highest BCUT2D eigenvalue weighted by Crippen LogP contribution is 2.37. The number of fused-ring (bicyclic) bond motifs is 2. The lowest BCUT2D eigenvalue weighted by Gasteiger charge is -2.10. The summed E-state index contributed by atoms with van der Waals surface area (Å²) in [4.78, 5) is 28.7. The number of rotatable bonds is 5. The molecule has 2 heterocycles. The van der Waals surface area contributed by atoms with Crippen LogP contribution in [0, 0.1) is 17.0 Å². The summed E-state index contributed by atoms with van der Waals surface area (Å²) in [6.45, 7) is 1.97. The first-order valence-corrected chi connectivity index (χ1v) is 10.4. The molecule has 0 aliphatic carbocycles. The molecule has 0 radical (unpaired) electrons. The van der Waals surface area contributed by atoms with Crippen LogP contribution in [0.1, 0.15) is 21.5 Å². The molecule has 1 amide bonds.